The Morgan fingerprint density at radius 1 is 1.26 bits per heavy atom. The van der Waals surface area contributed by atoms with Gasteiger partial charge in [0.05, 0.1) is 6.20 Å². The van der Waals surface area contributed by atoms with Gasteiger partial charge in [-0.3, -0.25) is 0 Å². The Bertz CT molecular complexity index is 533. The summed E-state index contributed by atoms with van der Waals surface area (Å²) in [6.07, 6.45) is 2.76. The van der Waals surface area contributed by atoms with Crippen molar-refractivity contribution in [3.8, 4) is 0 Å². The van der Waals surface area contributed by atoms with E-state index in [0.717, 1.165) is 29.6 Å². The van der Waals surface area contributed by atoms with Crippen LogP contribution in [-0.2, 0) is 0 Å². The molecule has 1 unspecified atom stereocenters. The summed E-state index contributed by atoms with van der Waals surface area (Å²) < 4.78 is 0. The number of rotatable bonds is 5. The van der Waals surface area contributed by atoms with Crippen LogP contribution in [0.5, 0.6) is 0 Å². The maximum absolute atomic E-state index is 6.09. The van der Waals surface area contributed by atoms with E-state index >= 15 is 0 Å². The van der Waals surface area contributed by atoms with Crippen molar-refractivity contribution in [1.29, 1.82) is 0 Å². The Morgan fingerprint density at radius 3 is 2.74 bits per heavy atom. The molecular formula is C15H22N4. The molecule has 4 heteroatoms. The molecule has 1 atom stereocenters. The van der Waals surface area contributed by atoms with Gasteiger partial charge >= 0.3 is 0 Å². The molecule has 0 aliphatic rings. The fourth-order valence-corrected chi connectivity index (χ4v) is 2.08. The largest absolute Gasteiger partial charge is 0.358 e. The molecule has 1 aromatic heterocycles. The molecule has 1 aromatic carbocycles. The number of hydrogen-bond acceptors (Lipinski definition) is 4. The van der Waals surface area contributed by atoms with Crippen LogP contribution in [0.25, 0.3) is 10.8 Å². The normalized spacial score (nSPS) is 12.9. The van der Waals surface area contributed by atoms with E-state index < -0.39 is 0 Å². The third-order valence-electron chi connectivity index (χ3n) is 3.57. The van der Waals surface area contributed by atoms with Crippen molar-refractivity contribution < 1.29 is 0 Å². The highest BCUT2D eigenvalue weighted by Crippen LogP contribution is 2.22. The highest BCUT2D eigenvalue weighted by Gasteiger charge is 2.12. The fraction of sp³-hybridized carbons (Fsp3) is 0.467. The lowest BCUT2D eigenvalue weighted by molar-refractivity contribution is 0.465. The monoisotopic (exact) mass is 258 g/mol. The van der Waals surface area contributed by atoms with Crippen molar-refractivity contribution in [3.05, 3.63) is 30.5 Å². The Morgan fingerprint density at radius 2 is 2.00 bits per heavy atom. The van der Waals surface area contributed by atoms with Gasteiger partial charge in [-0.25, -0.2) is 0 Å². The lowest BCUT2D eigenvalue weighted by Gasteiger charge is -2.22. The maximum atomic E-state index is 6.09. The zero-order valence-corrected chi connectivity index (χ0v) is 11.9. The second-order valence-corrected chi connectivity index (χ2v) is 5.37. The van der Waals surface area contributed by atoms with E-state index in [0.29, 0.717) is 5.92 Å². The Kier molecular flexibility index (Phi) is 4.32. The van der Waals surface area contributed by atoms with Gasteiger partial charge < -0.3 is 10.6 Å². The molecule has 19 heavy (non-hydrogen) atoms. The second-order valence-electron chi connectivity index (χ2n) is 5.37. The molecule has 0 spiro atoms. The predicted octanol–water partition coefficient (Wildman–Crippen LogP) is 2.44. The Hall–Kier alpha value is -1.68. The summed E-state index contributed by atoms with van der Waals surface area (Å²) in [6.45, 7) is 5.20. The van der Waals surface area contributed by atoms with Crippen molar-refractivity contribution in [1.82, 2.24) is 10.2 Å². The molecule has 4 nitrogen and oxygen atoms in total. The molecule has 0 saturated heterocycles. The molecule has 0 saturated carbocycles. The zero-order chi connectivity index (χ0) is 13.8. The minimum Gasteiger partial charge on any atom is -0.358 e. The van der Waals surface area contributed by atoms with Crippen molar-refractivity contribution in [2.24, 2.45) is 11.7 Å². The average Bonchev–Trinajstić information content (AvgIpc) is 2.43. The summed E-state index contributed by atoms with van der Waals surface area (Å²) in [5, 5.41) is 10.6. The van der Waals surface area contributed by atoms with Crippen LogP contribution in [0.2, 0.25) is 0 Å². The van der Waals surface area contributed by atoms with Crippen molar-refractivity contribution in [2.45, 2.75) is 26.3 Å². The molecule has 102 valence electrons. The van der Waals surface area contributed by atoms with Gasteiger partial charge in [-0.1, -0.05) is 38.1 Å². The van der Waals surface area contributed by atoms with Crippen molar-refractivity contribution in [3.63, 3.8) is 0 Å². The molecule has 1 heterocycles. The third kappa shape index (κ3) is 3.20. The van der Waals surface area contributed by atoms with E-state index in [2.05, 4.69) is 41.1 Å². The van der Waals surface area contributed by atoms with E-state index in [1.165, 1.54) is 0 Å². The minimum absolute atomic E-state index is 0.227. The van der Waals surface area contributed by atoms with Crippen molar-refractivity contribution in [2.75, 3.05) is 18.5 Å². The first-order valence-electron chi connectivity index (χ1n) is 6.76. The Balaban J connectivity index is 2.15. The summed E-state index contributed by atoms with van der Waals surface area (Å²) in [4.78, 5) is 2.14. The topological polar surface area (TPSA) is 55.0 Å². The molecule has 0 aliphatic carbocycles. The van der Waals surface area contributed by atoms with Gasteiger partial charge in [0.15, 0.2) is 5.82 Å². The quantitative estimate of drug-likeness (QED) is 0.895. The van der Waals surface area contributed by atoms with Gasteiger partial charge in [-0.05, 0) is 12.3 Å². The van der Waals surface area contributed by atoms with Crippen LogP contribution >= 0.6 is 0 Å². The zero-order valence-electron chi connectivity index (χ0n) is 11.9. The summed E-state index contributed by atoms with van der Waals surface area (Å²) >= 11 is 0. The number of aromatic nitrogens is 2. The van der Waals surface area contributed by atoms with E-state index in [9.17, 15) is 0 Å². The van der Waals surface area contributed by atoms with Crippen LogP contribution in [0.15, 0.2) is 30.5 Å². The van der Waals surface area contributed by atoms with Crippen LogP contribution in [0.4, 0.5) is 5.82 Å². The van der Waals surface area contributed by atoms with Crippen molar-refractivity contribution >= 4 is 16.6 Å². The first kappa shape index (κ1) is 13.7. The molecule has 2 rings (SSSR count). The average molecular weight is 258 g/mol. The first-order valence-corrected chi connectivity index (χ1v) is 6.76. The van der Waals surface area contributed by atoms with Gasteiger partial charge in [0.25, 0.3) is 0 Å². The van der Waals surface area contributed by atoms with E-state index in [4.69, 9.17) is 5.73 Å². The fourth-order valence-electron chi connectivity index (χ4n) is 2.08. The Labute approximate surface area is 114 Å². The highest BCUT2D eigenvalue weighted by atomic mass is 15.2. The van der Waals surface area contributed by atoms with Crippen LogP contribution in [0.1, 0.15) is 20.3 Å². The maximum Gasteiger partial charge on any atom is 0.158 e. The minimum atomic E-state index is 0.227. The smallest absolute Gasteiger partial charge is 0.158 e. The summed E-state index contributed by atoms with van der Waals surface area (Å²) in [5.74, 6) is 1.43. The molecule has 0 radical (unpaired) electrons. The predicted molar refractivity (Wildman–Crippen MR) is 80.2 cm³/mol. The first-order chi connectivity index (χ1) is 9.09. The summed E-state index contributed by atoms with van der Waals surface area (Å²) in [6, 6.07) is 8.41. The number of benzene rings is 1. The molecular weight excluding hydrogens is 236 g/mol. The number of hydrogen-bond donors (Lipinski definition) is 1. The number of anilines is 1. The summed E-state index contributed by atoms with van der Waals surface area (Å²) in [7, 11) is 2.05. The molecule has 0 fully saturated rings. The van der Waals surface area contributed by atoms with Crippen LogP contribution in [-0.4, -0.2) is 29.8 Å². The van der Waals surface area contributed by atoms with E-state index in [1.54, 1.807) is 6.20 Å². The van der Waals surface area contributed by atoms with E-state index in [1.807, 2.05) is 19.2 Å². The molecule has 0 aliphatic heterocycles. The second kappa shape index (κ2) is 5.97. The lowest BCUT2D eigenvalue weighted by Crippen LogP contribution is -2.32. The third-order valence-corrected chi connectivity index (χ3v) is 3.57. The number of nitrogens with zero attached hydrogens (tertiary/aromatic N) is 3. The molecule has 0 amide bonds. The standard InChI is InChI=1S/C15H22N4/c1-11(2)14(16)8-9-19(3)15-13-7-5-4-6-12(13)10-17-18-15/h4-7,10-11,14H,8-9,16H2,1-3H3. The SMILES string of the molecule is CC(C)C(N)CCN(C)c1nncc2ccccc12. The number of fused-ring (bicyclic) bond motifs is 1. The van der Waals surface area contributed by atoms with Gasteiger partial charge in [0.2, 0.25) is 0 Å². The van der Waals surface area contributed by atoms with Gasteiger partial charge in [0, 0.05) is 30.4 Å². The molecule has 0 bridgehead atoms. The van der Waals surface area contributed by atoms with Gasteiger partial charge in [-0.2, -0.15) is 5.10 Å². The molecule has 2 N–H and O–H groups in total. The van der Waals surface area contributed by atoms with E-state index in [-0.39, 0.29) is 6.04 Å². The van der Waals surface area contributed by atoms with Crippen LogP contribution < -0.4 is 10.6 Å². The van der Waals surface area contributed by atoms with Crippen LogP contribution in [0, 0.1) is 5.92 Å². The highest BCUT2D eigenvalue weighted by molar-refractivity contribution is 5.91. The number of nitrogens with two attached hydrogens (primary N) is 1. The lowest BCUT2D eigenvalue weighted by atomic mass is 10.0. The van der Waals surface area contributed by atoms with Gasteiger partial charge in [0.1, 0.15) is 0 Å². The summed E-state index contributed by atoms with van der Waals surface area (Å²) in [5.41, 5.74) is 6.09. The van der Waals surface area contributed by atoms with Gasteiger partial charge in [-0.15, -0.1) is 5.10 Å². The van der Waals surface area contributed by atoms with Crippen LogP contribution in [0.3, 0.4) is 0 Å². The molecule has 2 aromatic rings.